The summed E-state index contributed by atoms with van der Waals surface area (Å²) in [4.78, 5) is 63.7. The van der Waals surface area contributed by atoms with Gasteiger partial charge >= 0.3 is 17.1 Å². The molecule has 0 bridgehead atoms. The van der Waals surface area contributed by atoms with Gasteiger partial charge in [0.1, 0.15) is 22.8 Å². The lowest BCUT2D eigenvalue weighted by molar-refractivity contribution is -0.667. The van der Waals surface area contributed by atoms with Crippen LogP contribution in [0.3, 0.4) is 0 Å². The quantitative estimate of drug-likeness (QED) is 0.0295. The van der Waals surface area contributed by atoms with E-state index in [0.29, 0.717) is 11.1 Å². The van der Waals surface area contributed by atoms with Crippen molar-refractivity contribution >= 4 is 81.1 Å². The first-order chi connectivity index (χ1) is 19.3. The van der Waals surface area contributed by atoms with Gasteiger partial charge in [0.15, 0.2) is 10.8 Å². The SMILES string of the molecule is Cc1c(N)nc(SCC2=C(C(=O)O)N3C(=O)C(NC(=O)/C(=N\O[C@H](C)C(=O)O)c4csc(N)n4)[C@H]3SC2)[n+](N)c1N. The van der Waals surface area contributed by atoms with Gasteiger partial charge in [0, 0.05) is 16.9 Å². The minimum atomic E-state index is -1.38. The van der Waals surface area contributed by atoms with Crippen molar-refractivity contribution in [3.63, 3.8) is 0 Å². The van der Waals surface area contributed by atoms with Crippen LogP contribution in [-0.4, -0.2) is 83.6 Å². The lowest BCUT2D eigenvalue weighted by Gasteiger charge is -2.49. The fourth-order valence-electron chi connectivity index (χ4n) is 3.69. The molecule has 20 heteroatoms. The maximum absolute atomic E-state index is 13.1. The van der Waals surface area contributed by atoms with Gasteiger partial charge in [-0.15, -0.1) is 27.8 Å². The molecule has 3 atom stereocenters. The normalized spacial score (nSPS) is 19.3. The molecule has 0 radical (unpaired) electrons. The maximum atomic E-state index is 13.1. The van der Waals surface area contributed by atoms with Crippen molar-refractivity contribution < 1.29 is 38.9 Å². The summed E-state index contributed by atoms with van der Waals surface area (Å²) in [5.41, 5.74) is 17.8. The molecule has 4 rings (SSSR count). The van der Waals surface area contributed by atoms with Gasteiger partial charge < -0.3 is 37.6 Å². The second kappa shape index (κ2) is 11.7. The predicted molar refractivity (Wildman–Crippen MR) is 150 cm³/mol. The number of nitrogens with one attached hydrogen (secondary N) is 1. The lowest BCUT2D eigenvalue weighted by atomic mass is 10.0. The average Bonchev–Trinajstić information content (AvgIpc) is 3.36. The average molecular weight is 626 g/mol. The van der Waals surface area contributed by atoms with Crippen LogP contribution in [0.15, 0.2) is 27.0 Å². The summed E-state index contributed by atoms with van der Waals surface area (Å²) in [6.07, 6.45) is -1.38. The Morgan fingerprint density at radius 1 is 1.32 bits per heavy atom. The first-order valence-electron chi connectivity index (χ1n) is 11.6. The summed E-state index contributed by atoms with van der Waals surface area (Å²) in [6.45, 7) is 2.87. The van der Waals surface area contributed by atoms with Gasteiger partial charge in [-0.1, -0.05) is 10.1 Å². The maximum Gasteiger partial charge on any atom is 0.352 e. The molecule has 11 N–H and O–H groups in total. The standard InChI is InChI=1S/C21H24N10O7S3/c1-6-13(22)28-21(31(25)14(6)23)41-4-8-3-39-17-11(16(33)30(17)12(8)19(36)37)27-15(32)10(9-5-40-20(24)26-9)29-38-7(2)18(34)35/h5,7,11,17H,3-4,25H2,1-2H3,(H8,22,23,24,26,27,32,34,35,36,37)/p+1/b29-10-/t7-,11?,17-/m1/s1. The lowest BCUT2D eigenvalue weighted by Crippen LogP contribution is -2.71. The number of thiazole rings is 1. The molecule has 2 amide bonds. The minimum absolute atomic E-state index is 0.0103. The number of hydrogen-bond donors (Lipinski definition) is 7. The van der Waals surface area contributed by atoms with Crippen LogP contribution >= 0.6 is 34.9 Å². The van der Waals surface area contributed by atoms with E-state index >= 15 is 0 Å². The number of carboxylic acids is 2. The van der Waals surface area contributed by atoms with E-state index in [-0.39, 0.29) is 44.8 Å². The van der Waals surface area contributed by atoms with E-state index in [0.717, 1.165) is 32.7 Å². The molecule has 0 spiro atoms. The molecule has 0 aromatic carbocycles. The Hall–Kier alpha value is -4.30. The molecule has 4 heterocycles. The molecule has 2 aromatic rings. The van der Waals surface area contributed by atoms with E-state index < -0.39 is 47.0 Å². The minimum Gasteiger partial charge on any atom is -0.478 e. The Morgan fingerprint density at radius 3 is 2.63 bits per heavy atom. The molecule has 17 nitrogen and oxygen atoms in total. The molecule has 218 valence electrons. The zero-order valence-electron chi connectivity index (χ0n) is 21.4. The summed E-state index contributed by atoms with van der Waals surface area (Å²) in [7, 11) is 0. The van der Waals surface area contributed by atoms with E-state index in [1.54, 1.807) is 6.92 Å². The number of β-lactam (4-membered cyclic amide) rings is 1. The smallest absolute Gasteiger partial charge is 0.352 e. The number of amides is 2. The number of anilines is 3. The summed E-state index contributed by atoms with van der Waals surface area (Å²) in [5.74, 6) is 2.52. The number of carboxylic acid groups (broad SMARTS) is 2. The number of aromatic nitrogens is 3. The number of aliphatic carboxylic acids is 2. The number of hydrogen-bond acceptors (Lipinski definition) is 15. The first-order valence-corrected chi connectivity index (χ1v) is 14.5. The highest BCUT2D eigenvalue weighted by atomic mass is 32.2. The fourth-order valence-corrected chi connectivity index (χ4v) is 6.66. The summed E-state index contributed by atoms with van der Waals surface area (Å²) < 4.78 is 1.15. The third-order valence-corrected chi connectivity index (χ3v) is 9.04. The predicted octanol–water partition coefficient (Wildman–Crippen LogP) is -1.68. The highest BCUT2D eigenvalue weighted by Crippen LogP contribution is 2.41. The van der Waals surface area contributed by atoms with E-state index in [1.165, 1.54) is 24.1 Å². The van der Waals surface area contributed by atoms with Crippen LogP contribution in [0.5, 0.6) is 0 Å². The Kier molecular flexibility index (Phi) is 8.44. The number of nitrogen functional groups attached to an aromatic ring is 4. The van der Waals surface area contributed by atoms with Crippen LogP contribution in [0, 0.1) is 6.92 Å². The van der Waals surface area contributed by atoms with Crippen LogP contribution in [0.2, 0.25) is 0 Å². The zero-order chi connectivity index (χ0) is 30.2. The number of carbonyl (C=O) groups excluding carboxylic acids is 2. The zero-order valence-corrected chi connectivity index (χ0v) is 23.9. The third kappa shape index (κ3) is 5.79. The van der Waals surface area contributed by atoms with Crippen molar-refractivity contribution in [2.24, 2.45) is 5.16 Å². The van der Waals surface area contributed by atoms with Gasteiger partial charge in [-0.3, -0.25) is 20.3 Å². The summed E-state index contributed by atoms with van der Waals surface area (Å²) in [5, 5.41) is 26.2. The highest BCUT2D eigenvalue weighted by molar-refractivity contribution is 8.01. The number of nitrogens with two attached hydrogens (primary N) is 4. The van der Waals surface area contributed by atoms with Crippen molar-refractivity contribution in [3.05, 3.63) is 27.9 Å². The van der Waals surface area contributed by atoms with Crippen LogP contribution in [0.1, 0.15) is 18.2 Å². The Balaban J connectivity index is 1.52. The van der Waals surface area contributed by atoms with Gasteiger partial charge in [-0.05, 0) is 31.2 Å². The largest absolute Gasteiger partial charge is 0.478 e. The number of carbonyl (C=O) groups is 4. The number of oxime groups is 1. The third-order valence-electron chi connectivity index (χ3n) is 5.99. The molecule has 2 aliphatic heterocycles. The number of nitrogens with zero attached hydrogens (tertiary/aromatic N) is 5. The van der Waals surface area contributed by atoms with Crippen molar-refractivity contribution in [2.75, 3.05) is 34.5 Å². The topological polar surface area (TPSA) is 279 Å². The van der Waals surface area contributed by atoms with Crippen LogP contribution in [0.25, 0.3) is 0 Å². The van der Waals surface area contributed by atoms with Crippen molar-refractivity contribution in [3.8, 4) is 0 Å². The van der Waals surface area contributed by atoms with Gasteiger partial charge in [-0.25, -0.2) is 14.6 Å². The number of rotatable bonds is 10. The molecule has 2 aliphatic rings. The first kappa shape index (κ1) is 29.7. The molecule has 0 aliphatic carbocycles. The monoisotopic (exact) mass is 625 g/mol. The molecule has 1 fully saturated rings. The van der Waals surface area contributed by atoms with Crippen LogP contribution in [-0.2, 0) is 24.0 Å². The van der Waals surface area contributed by atoms with Gasteiger partial charge in [0.05, 0.1) is 5.56 Å². The van der Waals surface area contributed by atoms with Crippen molar-refractivity contribution in [1.29, 1.82) is 0 Å². The Bertz CT molecular complexity index is 1510. The van der Waals surface area contributed by atoms with Crippen molar-refractivity contribution in [2.45, 2.75) is 36.5 Å². The van der Waals surface area contributed by atoms with Crippen molar-refractivity contribution in [1.82, 2.24) is 20.2 Å². The molecule has 1 saturated heterocycles. The summed E-state index contributed by atoms with van der Waals surface area (Å²) >= 11 is 3.36. The van der Waals surface area contributed by atoms with Crippen LogP contribution < -0.4 is 33.0 Å². The highest BCUT2D eigenvalue weighted by Gasteiger charge is 2.54. The second-order valence-electron chi connectivity index (χ2n) is 8.66. The fraction of sp³-hybridized carbons (Fsp3) is 0.333. The Labute approximate surface area is 243 Å². The van der Waals surface area contributed by atoms with E-state index in [4.69, 9.17) is 33.0 Å². The number of fused-ring (bicyclic) bond motifs is 1. The number of thioether (sulfide) groups is 2. The molecular formula is C21H25N10O7S3+. The molecule has 0 saturated carbocycles. The second-order valence-corrected chi connectivity index (χ2v) is 11.6. The van der Waals surface area contributed by atoms with Crippen LogP contribution in [0.4, 0.5) is 16.8 Å². The summed E-state index contributed by atoms with van der Waals surface area (Å²) in [6, 6.07) is -1.10. The molecule has 2 aromatic heterocycles. The van der Waals surface area contributed by atoms with Gasteiger partial charge in [0.25, 0.3) is 11.8 Å². The van der Waals surface area contributed by atoms with Gasteiger partial charge in [0.2, 0.25) is 17.7 Å². The van der Waals surface area contributed by atoms with E-state index in [1.807, 2.05) is 0 Å². The molecule has 1 unspecified atom stereocenters. The van der Waals surface area contributed by atoms with E-state index in [2.05, 4.69) is 20.4 Å². The Morgan fingerprint density at radius 2 is 2.02 bits per heavy atom. The van der Waals surface area contributed by atoms with E-state index in [9.17, 15) is 24.3 Å². The van der Waals surface area contributed by atoms with Gasteiger partial charge in [-0.2, -0.15) is 0 Å². The molecule has 41 heavy (non-hydrogen) atoms. The molecular weight excluding hydrogens is 600 g/mol.